The monoisotopic (exact) mass is 201 g/mol. The smallest absolute Gasteiger partial charge is 0.0853 e. The maximum Gasteiger partial charge on any atom is 0.0853 e. The fraction of sp³-hybridized carbons (Fsp3) is 1.00. The average molecular weight is 201 g/mol. The van der Waals surface area contributed by atoms with Crippen LogP contribution in [0, 0.1) is 0 Å². The number of hydrogen-bond donors (Lipinski definition) is 1. The molecular weight excluding hydrogens is 178 g/mol. The highest BCUT2D eigenvalue weighted by Crippen LogP contribution is 2.36. The molecule has 0 saturated carbocycles. The molecule has 0 aromatic rings. The first kappa shape index (κ1) is 12.0. The van der Waals surface area contributed by atoms with Crippen LogP contribution >= 0.6 is 0 Å². The Morgan fingerprint density at radius 3 is 2.64 bits per heavy atom. The van der Waals surface area contributed by atoms with Crippen LogP contribution in [-0.4, -0.2) is 31.0 Å². The summed E-state index contributed by atoms with van der Waals surface area (Å²) >= 11 is 0. The number of hydrogen-bond acceptors (Lipinski definition) is 3. The fourth-order valence-corrected chi connectivity index (χ4v) is 2.19. The van der Waals surface area contributed by atoms with Crippen LogP contribution < -0.4 is 5.73 Å². The van der Waals surface area contributed by atoms with Gasteiger partial charge in [0.25, 0.3) is 0 Å². The lowest BCUT2D eigenvalue weighted by atomic mass is 9.81. The van der Waals surface area contributed by atoms with Gasteiger partial charge < -0.3 is 15.2 Å². The standard InChI is InChI=1S/C11H23NO2/c1-4-10(3)8-11(9-12,13-5-2)6-7-14-10/h4-9,12H2,1-3H3. The Bertz CT molecular complexity index is 182. The first-order valence-electron chi connectivity index (χ1n) is 5.58. The van der Waals surface area contributed by atoms with Crippen molar-refractivity contribution in [1.29, 1.82) is 0 Å². The Morgan fingerprint density at radius 1 is 1.43 bits per heavy atom. The van der Waals surface area contributed by atoms with Gasteiger partial charge in [0.1, 0.15) is 0 Å². The summed E-state index contributed by atoms with van der Waals surface area (Å²) in [5.74, 6) is 0. The predicted octanol–water partition coefficient (Wildman–Crippen LogP) is 1.70. The molecule has 0 spiro atoms. The Labute approximate surface area is 86.9 Å². The van der Waals surface area contributed by atoms with Gasteiger partial charge in [0.15, 0.2) is 0 Å². The predicted molar refractivity (Wildman–Crippen MR) is 57.3 cm³/mol. The molecule has 0 radical (unpaired) electrons. The van der Waals surface area contributed by atoms with Crippen molar-refractivity contribution in [2.75, 3.05) is 19.8 Å². The molecule has 2 atom stereocenters. The molecule has 14 heavy (non-hydrogen) atoms. The van der Waals surface area contributed by atoms with Gasteiger partial charge in [-0.15, -0.1) is 0 Å². The lowest BCUT2D eigenvalue weighted by Gasteiger charge is -2.45. The van der Waals surface area contributed by atoms with Crippen molar-refractivity contribution >= 4 is 0 Å². The lowest BCUT2D eigenvalue weighted by molar-refractivity contribution is -0.170. The molecule has 1 rings (SSSR count). The largest absolute Gasteiger partial charge is 0.375 e. The molecule has 0 amide bonds. The summed E-state index contributed by atoms with van der Waals surface area (Å²) < 4.78 is 11.6. The molecule has 0 aromatic heterocycles. The van der Waals surface area contributed by atoms with Gasteiger partial charge in [-0.1, -0.05) is 6.92 Å². The first-order chi connectivity index (χ1) is 6.60. The maximum absolute atomic E-state index is 5.82. The van der Waals surface area contributed by atoms with Crippen LogP contribution in [0.4, 0.5) is 0 Å². The summed E-state index contributed by atoms with van der Waals surface area (Å²) in [5, 5.41) is 0. The molecule has 1 aliphatic rings. The summed E-state index contributed by atoms with van der Waals surface area (Å²) in [7, 11) is 0. The average Bonchev–Trinajstić information content (AvgIpc) is 2.18. The van der Waals surface area contributed by atoms with Gasteiger partial charge in [0, 0.05) is 26.0 Å². The van der Waals surface area contributed by atoms with Gasteiger partial charge in [0.05, 0.1) is 17.8 Å². The second-order valence-electron chi connectivity index (χ2n) is 4.40. The molecule has 3 heteroatoms. The van der Waals surface area contributed by atoms with Gasteiger partial charge in [0.2, 0.25) is 0 Å². The van der Waals surface area contributed by atoms with E-state index in [0.717, 1.165) is 32.5 Å². The minimum atomic E-state index is -0.141. The minimum absolute atomic E-state index is 0.0488. The third-order valence-electron chi connectivity index (χ3n) is 3.27. The fourth-order valence-electron chi connectivity index (χ4n) is 2.19. The molecule has 1 saturated heterocycles. The van der Waals surface area contributed by atoms with E-state index >= 15 is 0 Å². The zero-order valence-electron chi connectivity index (χ0n) is 9.64. The summed E-state index contributed by atoms with van der Waals surface area (Å²) in [5.41, 5.74) is 5.63. The number of nitrogens with two attached hydrogens (primary N) is 1. The summed E-state index contributed by atoms with van der Waals surface area (Å²) in [6, 6.07) is 0. The quantitative estimate of drug-likeness (QED) is 0.753. The van der Waals surface area contributed by atoms with Gasteiger partial charge in [-0.3, -0.25) is 0 Å². The van der Waals surface area contributed by atoms with Crippen molar-refractivity contribution in [3.63, 3.8) is 0 Å². The Balaban J connectivity index is 2.68. The highest BCUT2D eigenvalue weighted by Gasteiger charge is 2.42. The van der Waals surface area contributed by atoms with Crippen molar-refractivity contribution < 1.29 is 9.47 Å². The number of ether oxygens (including phenoxy) is 2. The van der Waals surface area contributed by atoms with Crippen LogP contribution in [-0.2, 0) is 9.47 Å². The Hall–Kier alpha value is -0.120. The summed E-state index contributed by atoms with van der Waals surface area (Å²) in [6.07, 6.45) is 2.86. The minimum Gasteiger partial charge on any atom is -0.375 e. The van der Waals surface area contributed by atoms with Crippen LogP contribution in [0.25, 0.3) is 0 Å². The number of rotatable bonds is 4. The molecule has 1 fully saturated rings. The Kier molecular flexibility index (Phi) is 3.93. The van der Waals surface area contributed by atoms with Crippen molar-refractivity contribution in [2.24, 2.45) is 5.73 Å². The highest BCUT2D eigenvalue weighted by atomic mass is 16.5. The van der Waals surface area contributed by atoms with E-state index in [2.05, 4.69) is 13.8 Å². The van der Waals surface area contributed by atoms with E-state index in [4.69, 9.17) is 15.2 Å². The van der Waals surface area contributed by atoms with Crippen LogP contribution in [0.2, 0.25) is 0 Å². The summed E-state index contributed by atoms with van der Waals surface area (Å²) in [4.78, 5) is 0. The third-order valence-corrected chi connectivity index (χ3v) is 3.27. The second-order valence-corrected chi connectivity index (χ2v) is 4.40. The van der Waals surface area contributed by atoms with E-state index in [1.54, 1.807) is 0 Å². The first-order valence-corrected chi connectivity index (χ1v) is 5.58. The van der Waals surface area contributed by atoms with Crippen LogP contribution in [0.5, 0.6) is 0 Å². The van der Waals surface area contributed by atoms with Gasteiger partial charge >= 0.3 is 0 Å². The van der Waals surface area contributed by atoms with Crippen molar-refractivity contribution in [1.82, 2.24) is 0 Å². The van der Waals surface area contributed by atoms with E-state index in [1.807, 2.05) is 6.92 Å². The molecule has 2 unspecified atom stereocenters. The van der Waals surface area contributed by atoms with Crippen LogP contribution in [0.3, 0.4) is 0 Å². The van der Waals surface area contributed by atoms with Crippen LogP contribution in [0.15, 0.2) is 0 Å². The van der Waals surface area contributed by atoms with Gasteiger partial charge in [-0.25, -0.2) is 0 Å². The van der Waals surface area contributed by atoms with Crippen LogP contribution in [0.1, 0.15) is 40.0 Å². The second kappa shape index (κ2) is 4.60. The topological polar surface area (TPSA) is 44.5 Å². The molecule has 1 heterocycles. The normalized spacial score (nSPS) is 38.6. The molecule has 0 aliphatic carbocycles. The van der Waals surface area contributed by atoms with Crippen molar-refractivity contribution in [3.05, 3.63) is 0 Å². The van der Waals surface area contributed by atoms with E-state index in [9.17, 15) is 0 Å². The SMILES string of the molecule is CCOC1(CN)CCOC(C)(CC)C1. The molecular formula is C11H23NO2. The zero-order chi connectivity index (χ0) is 10.7. The van der Waals surface area contributed by atoms with E-state index in [0.29, 0.717) is 6.54 Å². The molecule has 0 bridgehead atoms. The maximum atomic E-state index is 5.82. The van der Waals surface area contributed by atoms with Gasteiger partial charge in [-0.05, 0) is 20.3 Å². The molecule has 2 N–H and O–H groups in total. The van der Waals surface area contributed by atoms with E-state index < -0.39 is 0 Å². The molecule has 1 aliphatic heterocycles. The van der Waals surface area contributed by atoms with Gasteiger partial charge in [-0.2, -0.15) is 0 Å². The van der Waals surface area contributed by atoms with E-state index in [1.165, 1.54) is 0 Å². The lowest BCUT2D eigenvalue weighted by Crippen LogP contribution is -2.52. The molecule has 3 nitrogen and oxygen atoms in total. The Morgan fingerprint density at radius 2 is 2.14 bits per heavy atom. The van der Waals surface area contributed by atoms with E-state index in [-0.39, 0.29) is 11.2 Å². The zero-order valence-corrected chi connectivity index (χ0v) is 9.64. The van der Waals surface area contributed by atoms with Crippen molar-refractivity contribution in [3.8, 4) is 0 Å². The third kappa shape index (κ3) is 2.47. The molecule has 0 aromatic carbocycles. The summed E-state index contributed by atoms with van der Waals surface area (Å²) in [6.45, 7) is 8.42. The van der Waals surface area contributed by atoms with Crippen molar-refractivity contribution in [2.45, 2.75) is 51.2 Å². The highest BCUT2D eigenvalue weighted by molar-refractivity contribution is 4.94. The molecule has 84 valence electrons.